The van der Waals surface area contributed by atoms with Crippen LogP contribution in [0.15, 0.2) is 42.5 Å². The lowest BCUT2D eigenvalue weighted by Gasteiger charge is -2.21. The number of aliphatic hydroxyl groups is 1. The molecule has 0 spiro atoms. The topological polar surface area (TPSA) is 23.5 Å². The molecule has 1 unspecified atom stereocenters. The summed E-state index contributed by atoms with van der Waals surface area (Å²) < 4.78 is 0. The van der Waals surface area contributed by atoms with Crippen molar-refractivity contribution in [1.82, 2.24) is 0 Å². The van der Waals surface area contributed by atoms with Crippen molar-refractivity contribution in [2.75, 3.05) is 11.9 Å². The summed E-state index contributed by atoms with van der Waals surface area (Å²) in [5, 5.41) is 10.9. The second kappa shape index (κ2) is 6.49. The van der Waals surface area contributed by atoms with Gasteiger partial charge in [-0.1, -0.05) is 41.4 Å². The van der Waals surface area contributed by atoms with Gasteiger partial charge in [-0.25, -0.2) is 0 Å². The first kappa shape index (κ1) is 15.2. The molecule has 2 aromatic rings. The third kappa shape index (κ3) is 3.66. The molecule has 0 aliphatic rings. The summed E-state index contributed by atoms with van der Waals surface area (Å²) >= 11 is 12.1. The van der Waals surface area contributed by atoms with Crippen LogP contribution in [0.4, 0.5) is 5.69 Å². The fraction of sp³-hybridized carbons (Fsp3) is 0.250. The summed E-state index contributed by atoms with van der Waals surface area (Å²) in [6, 6.07) is 13.5. The first-order valence-corrected chi connectivity index (χ1v) is 7.16. The van der Waals surface area contributed by atoms with Gasteiger partial charge in [0.15, 0.2) is 0 Å². The van der Waals surface area contributed by atoms with Crippen molar-refractivity contribution in [3.05, 3.63) is 63.6 Å². The van der Waals surface area contributed by atoms with E-state index in [0.29, 0.717) is 5.02 Å². The zero-order valence-corrected chi connectivity index (χ0v) is 13.0. The Bertz CT molecular complexity index is 582. The minimum Gasteiger partial charge on any atom is -0.389 e. The molecular weight excluding hydrogens is 293 g/mol. The van der Waals surface area contributed by atoms with Gasteiger partial charge in [-0.3, -0.25) is 0 Å². The van der Waals surface area contributed by atoms with Crippen LogP contribution in [0.5, 0.6) is 0 Å². The lowest BCUT2D eigenvalue weighted by Crippen LogP contribution is -2.16. The number of rotatable bonds is 4. The highest BCUT2D eigenvalue weighted by molar-refractivity contribution is 6.31. The van der Waals surface area contributed by atoms with Gasteiger partial charge in [0, 0.05) is 29.3 Å². The Hall–Kier alpha value is -1.22. The number of nitrogens with zero attached hydrogens (tertiary/aromatic N) is 1. The molecule has 1 atom stereocenters. The molecule has 0 saturated heterocycles. The Balaban J connectivity index is 2.15. The van der Waals surface area contributed by atoms with E-state index in [1.165, 1.54) is 5.56 Å². The molecule has 4 heteroatoms. The summed E-state index contributed by atoms with van der Waals surface area (Å²) in [5.41, 5.74) is 2.93. The van der Waals surface area contributed by atoms with Gasteiger partial charge in [-0.2, -0.15) is 0 Å². The van der Waals surface area contributed by atoms with Crippen LogP contribution in [-0.4, -0.2) is 12.2 Å². The average molecular weight is 310 g/mol. The molecule has 2 aromatic carbocycles. The molecule has 0 aliphatic carbocycles. The molecule has 2 nitrogen and oxygen atoms in total. The molecule has 106 valence electrons. The maximum absolute atomic E-state index is 9.58. The highest BCUT2D eigenvalue weighted by atomic mass is 35.5. The van der Waals surface area contributed by atoms with E-state index in [4.69, 9.17) is 23.2 Å². The second-order valence-electron chi connectivity index (χ2n) is 4.86. The number of anilines is 1. The predicted molar refractivity (Wildman–Crippen MR) is 85.6 cm³/mol. The number of benzene rings is 2. The van der Waals surface area contributed by atoms with Crippen molar-refractivity contribution in [1.29, 1.82) is 0 Å². The van der Waals surface area contributed by atoms with E-state index >= 15 is 0 Å². The number of hydrogen-bond donors (Lipinski definition) is 1. The van der Waals surface area contributed by atoms with Crippen LogP contribution in [0.25, 0.3) is 0 Å². The standard InChI is InChI=1S/C16H17Cl2NO/c1-11(20)15-8-7-14(9-16(15)18)19(2)10-12-3-5-13(17)6-4-12/h3-9,11,20H,10H2,1-2H3. The molecule has 0 bridgehead atoms. The summed E-state index contributed by atoms with van der Waals surface area (Å²) in [4.78, 5) is 2.10. The molecule has 0 aliphatic heterocycles. The Morgan fingerprint density at radius 3 is 2.30 bits per heavy atom. The van der Waals surface area contributed by atoms with Crippen molar-refractivity contribution < 1.29 is 5.11 Å². The van der Waals surface area contributed by atoms with Gasteiger partial charge in [0.2, 0.25) is 0 Å². The normalized spacial score (nSPS) is 12.2. The molecule has 1 N–H and O–H groups in total. The van der Waals surface area contributed by atoms with E-state index in [0.717, 1.165) is 22.8 Å². The lowest BCUT2D eigenvalue weighted by atomic mass is 10.1. The summed E-state index contributed by atoms with van der Waals surface area (Å²) in [5.74, 6) is 0. The van der Waals surface area contributed by atoms with Crippen LogP contribution in [0, 0.1) is 0 Å². The van der Waals surface area contributed by atoms with Crippen LogP contribution in [-0.2, 0) is 6.54 Å². The molecular formula is C16H17Cl2NO. The molecule has 0 radical (unpaired) electrons. The van der Waals surface area contributed by atoms with E-state index in [9.17, 15) is 5.11 Å². The minimum atomic E-state index is -0.557. The summed E-state index contributed by atoms with van der Waals surface area (Å²) in [7, 11) is 2.00. The maximum Gasteiger partial charge on any atom is 0.0776 e. The molecule has 20 heavy (non-hydrogen) atoms. The number of hydrogen-bond acceptors (Lipinski definition) is 2. The van der Waals surface area contributed by atoms with Crippen molar-refractivity contribution >= 4 is 28.9 Å². The van der Waals surface area contributed by atoms with Crippen LogP contribution >= 0.6 is 23.2 Å². The predicted octanol–water partition coefficient (Wildman–Crippen LogP) is 4.68. The second-order valence-corrected chi connectivity index (χ2v) is 5.71. The van der Waals surface area contributed by atoms with Crippen LogP contribution in [0.1, 0.15) is 24.2 Å². The van der Waals surface area contributed by atoms with E-state index in [-0.39, 0.29) is 0 Å². The minimum absolute atomic E-state index is 0.557. The van der Waals surface area contributed by atoms with Gasteiger partial charge in [0.05, 0.1) is 6.10 Å². The molecule has 2 rings (SSSR count). The Morgan fingerprint density at radius 1 is 1.10 bits per heavy atom. The lowest BCUT2D eigenvalue weighted by molar-refractivity contribution is 0.199. The van der Waals surface area contributed by atoms with Gasteiger partial charge < -0.3 is 10.0 Å². The van der Waals surface area contributed by atoms with Crippen LogP contribution in [0.2, 0.25) is 10.0 Å². The van der Waals surface area contributed by atoms with Gasteiger partial charge in [0.1, 0.15) is 0 Å². The smallest absolute Gasteiger partial charge is 0.0776 e. The fourth-order valence-corrected chi connectivity index (χ4v) is 2.51. The summed E-state index contributed by atoms with van der Waals surface area (Å²) in [6.45, 7) is 2.47. The first-order valence-electron chi connectivity index (χ1n) is 6.40. The van der Waals surface area contributed by atoms with Crippen LogP contribution < -0.4 is 4.90 Å². The van der Waals surface area contributed by atoms with Gasteiger partial charge in [-0.05, 0) is 42.3 Å². The Kier molecular flexibility index (Phi) is 4.92. The zero-order chi connectivity index (χ0) is 14.7. The maximum atomic E-state index is 9.58. The molecule has 0 fully saturated rings. The SMILES string of the molecule is CC(O)c1ccc(N(C)Cc2ccc(Cl)cc2)cc1Cl. The van der Waals surface area contributed by atoms with E-state index in [2.05, 4.69) is 4.90 Å². The van der Waals surface area contributed by atoms with Crippen molar-refractivity contribution in [2.24, 2.45) is 0 Å². The highest BCUT2D eigenvalue weighted by Crippen LogP contribution is 2.28. The number of halogens is 2. The van der Waals surface area contributed by atoms with E-state index < -0.39 is 6.10 Å². The monoisotopic (exact) mass is 309 g/mol. The van der Waals surface area contributed by atoms with Crippen molar-refractivity contribution in [3.8, 4) is 0 Å². The van der Waals surface area contributed by atoms with Gasteiger partial charge >= 0.3 is 0 Å². The molecule has 0 aromatic heterocycles. The van der Waals surface area contributed by atoms with E-state index in [1.54, 1.807) is 6.92 Å². The third-order valence-electron chi connectivity index (χ3n) is 3.21. The third-order valence-corrected chi connectivity index (χ3v) is 3.79. The fourth-order valence-electron chi connectivity index (χ4n) is 2.05. The molecule has 0 saturated carbocycles. The first-order chi connectivity index (χ1) is 9.47. The highest BCUT2D eigenvalue weighted by Gasteiger charge is 2.09. The number of aliphatic hydroxyl groups excluding tert-OH is 1. The van der Waals surface area contributed by atoms with Gasteiger partial charge in [-0.15, -0.1) is 0 Å². The van der Waals surface area contributed by atoms with Crippen molar-refractivity contribution in [2.45, 2.75) is 19.6 Å². The Labute approximate surface area is 129 Å². The van der Waals surface area contributed by atoms with Crippen LogP contribution in [0.3, 0.4) is 0 Å². The summed E-state index contributed by atoms with van der Waals surface area (Å²) in [6.07, 6.45) is -0.557. The average Bonchev–Trinajstić information content (AvgIpc) is 2.40. The molecule has 0 amide bonds. The quantitative estimate of drug-likeness (QED) is 0.886. The van der Waals surface area contributed by atoms with Crippen molar-refractivity contribution in [3.63, 3.8) is 0 Å². The zero-order valence-electron chi connectivity index (χ0n) is 11.5. The largest absolute Gasteiger partial charge is 0.389 e. The van der Waals surface area contributed by atoms with Gasteiger partial charge in [0.25, 0.3) is 0 Å². The molecule has 0 heterocycles. The Morgan fingerprint density at radius 2 is 1.75 bits per heavy atom. The van der Waals surface area contributed by atoms with E-state index in [1.807, 2.05) is 49.5 Å².